The molecule has 2 aromatic rings. The summed E-state index contributed by atoms with van der Waals surface area (Å²) in [5.41, 5.74) is 2.88. The Balaban J connectivity index is 1.12. The molecule has 1 atom stereocenters. The molecule has 0 spiro atoms. The van der Waals surface area contributed by atoms with E-state index in [1.807, 2.05) is 17.0 Å². The summed E-state index contributed by atoms with van der Waals surface area (Å²) in [4.78, 5) is 30.4. The van der Waals surface area contributed by atoms with Gasteiger partial charge in [-0.3, -0.25) is 9.59 Å². The zero-order valence-corrected chi connectivity index (χ0v) is 22.3. The minimum atomic E-state index is -0.135. The Kier molecular flexibility index (Phi) is 8.22. The lowest BCUT2D eigenvalue weighted by molar-refractivity contribution is -0.138. The third-order valence-electron chi connectivity index (χ3n) is 7.61. The SMILES string of the molecule is COc1cc2c(cc1OC)CN(C(=O)C1CCCN(CCNC(=O)c3ccc4c(c3)OCCCO4)C1)CC2. The molecule has 2 aromatic carbocycles. The highest BCUT2D eigenvalue weighted by Gasteiger charge is 2.31. The van der Waals surface area contributed by atoms with E-state index in [9.17, 15) is 9.59 Å². The summed E-state index contributed by atoms with van der Waals surface area (Å²) >= 11 is 0. The highest BCUT2D eigenvalue weighted by molar-refractivity contribution is 5.94. The van der Waals surface area contributed by atoms with Gasteiger partial charge in [-0.15, -0.1) is 0 Å². The number of rotatable bonds is 7. The maximum Gasteiger partial charge on any atom is 0.251 e. The molecule has 1 unspecified atom stereocenters. The van der Waals surface area contributed by atoms with E-state index >= 15 is 0 Å². The van der Waals surface area contributed by atoms with Crippen molar-refractivity contribution >= 4 is 11.8 Å². The standard InChI is InChI=1S/C29H37N3O6/c1-35-25-15-20-8-11-32(19-23(20)17-26(25)36-2)29(34)22-5-3-10-31(18-22)12-9-30-28(33)21-6-7-24-27(16-21)38-14-4-13-37-24/h6-7,15-17,22H,3-5,8-14,18-19H2,1-2H3,(H,30,33). The molecule has 1 N–H and O–H groups in total. The smallest absolute Gasteiger partial charge is 0.251 e. The van der Waals surface area contributed by atoms with Gasteiger partial charge < -0.3 is 34.1 Å². The van der Waals surface area contributed by atoms with E-state index in [1.54, 1.807) is 32.4 Å². The van der Waals surface area contributed by atoms with E-state index in [-0.39, 0.29) is 17.7 Å². The van der Waals surface area contributed by atoms with Crippen LogP contribution in [0.4, 0.5) is 0 Å². The van der Waals surface area contributed by atoms with E-state index in [0.717, 1.165) is 43.5 Å². The number of likely N-dealkylation sites (tertiary alicyclic amines) is 1. The molecule has 3 aliphatic rings. The summed E-state index contributed by atoms with van der Waals surface area (Å²) in [5.74, 6) is 2.77. The molecular formula is C29H37N3O6. The molecule has 3 aliphatic heterocycles. The first kappa shape index (κ1) is 26.2. The number of nitrogens with zero attached hydrogens (tertiary/aromatic N) is 2. The number of carbonyl (C=O) groups excluding carboxylic acids is 2. The second kappa shape index (κ2) is 11.9. The molecular weight excluding hydrogens is 486 g/mol. The fourth-order valence-electron chi connectivity index (χ4n) is 5.52. The predicted molar refractivity (Wildman–Crippen MR) is 142 cm³/mol. The predicted octanol–water partition coefficient (Wildman–Crippen LogP) is 2.89. The maximum absolute atomic E-state index is 13.4. The Bertz CT molecular complexity index is 1170. The van der Waals surface area contributed by atoms with E-state index < -0.39 is 0 Å². The molecule has 3 heterocycles. The molecule has 0 radical (unpaired) electrons. The number of methoxy groups -OCH3 is 2. The average Bonchev–Trinajstić information content (AvgIpc) is 3.21. The summed E-state index contributed by atoms with van der Waals surface area (Å²) in [6.07, 6.45) is 3.50. The number of nitrogens with one attached hydrogen (secondary N) is 1. The summed E-state index contributed by atoms with van der Waals surface area (Å²) in [5, 5.41) is 3.01. The monoisotopic (exact) mass is 523 g/mol. The normalized spacial score (nSPS) is 19.2. The van der Waals surface area contributed by atoms with Crippen molar-refractivity contribution in [2.45, 2.75) is 32.2 Å². The molecule has 0 bridgehead atoms. The number of piperidine rings is 1. The van der Waals surface area contributed by atoms with Gasteiger partial charge in [0.1, 0.15) is 0 Å². The van der Waals surface area contributed by atoms with Gasteiger partial charge in [-0.25, -0.2) is 0 Å². The van der Waals surface area contributed by atoms with E-state index in [0.29, 0.717) is 68.7 Å². The Hall–Kier alpha value is -3.46. The van der Waals surface area contributed by atoms with Crippen LogP contribution in [-0.4, -0.2) is 81.8 Å². The number of amides is 2. The first-order valence-electron chi connectivity index (χ1n) is 13.5. The molecule has 204 valence electrons. The number of carbonyl (C=O) groups is 2. The Labute approximate surface area is 224 Å². The minimum Gasteiger partial charge on any atom is -0.493 e. The fourth-order valence-corrected chi connectivity index (χ4v) is 5.52. The molecule has 1 fully saturated rings. The van der Waals surface area contributed by atoms with Gasteiger partial charge in [0.25, 0.3) is 5.91 Å². The Morgan fingerprint density at radius 1 is 0.974 bits per heavy atom. The molecule has 9 heteroatoms. The summed E-state index contributed by atoms with van der Waals surface area (Å²) in [7, 11) is 3.27. The number of hydrogen-bond acceptors (Lipinski definition) is 7. The van der Waals surface area contributed by atoms with Gasteiger partial charge in [-0.1, -0.05) is 0 Å². The minimum absolute atomic E-state index is 0.0251. The van der Waals surface area contributed by atoms with Gasteiger partial charge in [0.05, 0.1) is 33.4 Å². The molecule has 38 heavy (non-hydrogen) atoms. The number of ether oxygens (including phenoxy) is 4. The molecule has 5 rings (SSSR count). The largest absolute Gasteiger partial charge is 0.493 e. The molecule has 0 aromatic heterocycles. The van der Waals surface area contributed by atoms with Crippen LogP contribution in [0.5, 0.6) is 23.0 Å². The van der Waals surface area contributed by atoms with Gasteiger partial charge in [0.2, 0.25) is 5.91 Å². The van der Waals surface area contributed by atoms with Gasteiger partial charge in [0, 0.05) is 44.7 Å². The number of benzene rings is 2. The lowest BCUT2D eigenvalue weighted by atomic mass is 9.93. The third-order valence-corrected chi connectivity index (χ3v) is 7.61. The topological polar surface area (TPSA) is 89.6 Å². The molecule has 2 amide bonds. The summed E-state index contributed by atoms with van der Waals surface area (Å²) < 4.78 is 22.3. The van der Waals surface area contributed by atoms with Crippen LogP contribution in [-0.2, 0) is 17.8 Å². The van der Waals surface area contributed by atoms with Crippen LogP contribution in [0.2, 0.25) is 0 Å². The van der Waals surface area contributed by atoms with Gasteiger partial charge in [0.15, 0.2) is 23.0 Å². The first-order chi connectivity index (χ1) is 18.6. The van der Waals surface area contributed by atoms with E-state index in [2.05, 4.69) is 10.2 Å². The van der Waals surface area contributed by atoms with Crippen molar-refractivity contribution < 1.29 is 28.5 Å². The fraction of sp³-hybridized carbons (Fsp3) is 0.517. The zero-order chi connectivity index (χ0) is 26.5. The van der Waals surface area contributed by atoms with Crippen molar-refractivity contribution in [2.24, 2.45) is 5.92 Å². The molecule has 0 aliphatic carbocycles. The quantitative estimate of drug-likeness (QED) is 0.597. The van der Waals surface area contributed by atoms with Crippen molar-refractivity contribution in [3.63, 3.8) is 0 Å². The van der Waals surface area contributed by atoms with Gasteiger partial charge in [-0.2, -0.15) is 0 Å². The van der Waals surface area contributed by atoms with Crippen molar-refractivity contribution in [1.82, 2.24) is 15.1 Å². The molecule has 1 saturated heterocycles. The van der Waals surface area contributed by atoms with Crippen LogP contribution in [0.15, 0.2) is 30.3 Å². The lowest BCUT2D eigenvalue weighted by Gasteiger charge is -2.37. The molecule has 9 nitrogen and oxygen atoms in total. The zero-order valence-electron chi connectivity index (χ0n) is 22.3. The van der Waals surface area contributed by atoms with Crippen LogP contribution in [0.1, 0.15) is 40.7 Å². The summed E-state index contributed by atoms with van der Waals surface area (Å²) in [6.45, 7) is 5.39. The van der Waals surface area contributed by atoms with Crippen molar-refractivity contribution in [1.29, 1.82) is 0 Å². The Morgan fingerprint density at radius 3 is 2.53 bits per heavy atom. The van der Waals surface area contributed by atoms with Gasteiger partial charge in [-0.05, 0) is 67.3 Å². The van der Waals surface area contributed by atoms with Crippen LogP contribution >= 0.6 is 0 Å². The van der Waals surface area contributed by atoms with Crippen LogP contribution in [0.25, 0.3) is 0 Å². The van der Waals surface area contributed by atoms with Crippen molar-refractivity contribution in [3.8, 4) is 23.0 Å². The number of fused-ring (bicyclic) bond motifs is 2. The second-order valence-electron chi connectivity index (χ2n) is 10.1. The highest BCUT2D eigenvalue weighted by atomic mass is 16.5. The molecule has 0 saturated carbocycles. The highest BCUT2D eigenvalue weighted by Crippen LogP contribution is 2.34. The maximum atomic E-state index is 13.4. The third kappa shape index (κ3) is 5.83. The van der Waals surface area contributed by atoms with E-state index in [1.165, 1.54) is 5.56 Å². The van der Waals surface area contributed by atoms with Crippen molar-refractivity contribution in [3.05, 3.63) is 47.0 Å². The first-order valence-corrected chi connectivity index (χ1v) is 13.5. The van der Waals surface area contributed by atoms with Crippen LogP contribution < -0.4 is 24.3 Å². The van der Waals surface area contributed by atoms with Crippen LogP contribution in [0, 0.1) is 5.92 Å². The lowest BCUT2D eigenvalue weighted by Crippen LogP contribution is -2.47. The van der Waals surface area contributed by atoms with E-state index in [4.69, 9.17) is 18.9 Å². The van der Waals surface area contributed by atoms with Crippen LogP contribution in [0.3, 0.4) is 0 Å². The van der Waals surface area contributed by atoms with Gasteiger partial charge >= 0.3 is 0 Å². The average molecular weight is 524 g/mol. The van der Waals surface area contributed by atoms with Crippen molar-refractivity contribution in [2.75, 3.05) is 60.2 Å². The second-order valence-corrected chi connectivity index (χ2v) is 10.1. The number of hydrogen-bond donors (Lipinski definition) is 1. The summed E-state index contributed by atoms with van der Waals surface area (Å²) in [6, 6.07) is 9.32. The Morgan fingerprint density at radius 2 is 1.74 bits per heavy atom.